The summed E-state index contributed by atoms with van der Waals surface area (Å²) in [6, 6.07) is 18.4. The molecule has 0 aliphatic rings. The zero-order valence-electron chi connectivity index (χ0n) is 16.2. The van der Waals surface area contributed by atoms with E-state index in [-0.39, 0.29) is 5.91 Å². The topological polar surface area (TPSA) is 51.2 Å². The number of ether oxygens (including phenoxy) is 1. The lowest BCUT2D eigenvalue weighted by Gasteiger charge is -2.07. The van der Waals surface area contributed by atoms with Gasteiger partial charge in [-0.05, 0) is 36.1 Å². The van der Waals surface area contributed by atoms with Crippen LogP contribution in [0.15, 0.2) is 60.0 Å². The second-order valence-corrected chi connectivity index (χ2v) is 7.56. The molecule has 1 amide bonds. The lowest BCUT2D eigenvalue weighted by molar-refractivity contribution is -0.121. The van der Waals surface area contributed by atoms with Gasteiger partial charge in [0.1, 0.15) is 5.75 Å². The summed E-state index contributed by atoms with van der Waals surface area (Å²) in [5.74, 6) is 0.883. The highest BCUT2D eigenvalue weighted by Crippen LogP contribution is 2.15. The Morgan fingerprint density at radius 1 is 1.07 bits per heavy atom. The molecule has 0 aliphatic heterocycles. The number of hydrogen-bond acceptors (Lipinski definition) is 4. The highest BCUT2D eigenvalue weighted by molar-refractivity contribution is 7.09. The first-order valence-corrected chi connectivity index (χ1v) is 10.6. The smallest absolute Gasteiger partial charge is 0.220 e. The van der Waals surface area contributed by atoms with Crippen LogP contribution in [0, 0.1) is 0 Å². The standard InChI is InChI=1S/C23H26N2O2S/c1-2-18-10-12-21(13-11-18)27-14-6-9-22(26)24-16-20-17-28-23(25-20)15-19-7-4-3-5-8-19/h3-5,7-8,10-13,17H,2,6,9,14-16H2,1H3,(H,24,26). The molecule has 3 rings (SSSR count). The summed E-state index contributed by atoms with van der Waals surface area (Å²) in [5.41, 5.74) is 3.45. The van der Waals surface area contributed by atoms with Crippen LogP contribution in [0.1, 0.15) is 41.6 Å². The van der Waals surface area contributed by atoms with E-state index in [0.717, 1.165) is 29.3 Å². The predicted octanol–water partition coefficient (Wildman–Crippen LogP) is 4.77. The normalized spacial score (nSPS) is 10.6. The molecule has 0 spiro atoms. The minimum Gasteiger partial charge on any atom is -0.494 e. The summed E-state index contributed by atoms with van der Waals surface area (Å²) in [5, 5.41) is 6.02. The Labute approximate surface area is 170 Å². The van der Waals surface area contributed by atoms with Gasteiger partial charge in [-0.15, -0.1) is 11.3 Å². The van der Waals surface area contributed by atoms with Gasteiger partial charge in [0.05, 0.1) is 23.9 Å². The van der Waals surface area contributed by atoms with Crippen LogP contribution in [0.2, 0.25) is 0 Å². The van der Waals surface area contributed by atoms with E-state index < -0.39 is 0 Å². The molecule has 4 nitrogen and oxygen atoms in total. The lowest BCUT2D eigenvalue weighted by atomic mass is 10.2. The van der Waals surface area contributed by atoms with Crippen LogP contribution in [0.3, 0.4) is 0 Å². The fourth-order valence-electron chi connectivity index (χ4n) is 2.80. The van der Waals surface area contributed by atoms with Crippen molar-refractivity contribution in [3.05, 3.63) is 81.8 Å². The number of rotatable bonds is 10. The summed E-state index contributed by atoms with van der Waals surface area (Å²) in [4.78, 5) is 16.6. The highest BCUT2D eigenvalue weighted by Gasteiger charge is 2.06. The van der Waals surface area contributed by atoms with Gasteiger partial charge in [0.15, 0.2) is 0 Å². The average Bonchev–Trinajstić information content (AvgIpc) is 3.18. The number of thiazole rings is 1. The Kier molecular flexibility index (Phi) is 7.62. The van der Waals surface area contributed by atoms with Gasteiger partial charge in [-0.25, -0.2) is 4.98 Å². The van der Waals surface area contributed by atoms with Gasteiger partial charge < -0.3 is 10.1 Å². The molecule has 0 saturated heterocycles. The van der Waals surface area contributed by atoms with Gasteiger partial charge in [-0.3, -0.25) is 4.79 Å². The molecule has 0 fully saturated rings. The van der Waals surface area contributed by atoms with Gasteiger partial charge in [-0.1, -0.05) is 49.4 Å². The molecule has 3 aromatic rings. The van der Waals surface area contributed by atoms with E-state index in [9.17, 15) is 4.79 Å². The second kappa shape index (κ2) is 10.6. The fourth-order valence-corrected chi connectivity index (χ4v) is 3.63. The van der Waals surface area contributed by atoms with Crippen molar-refractivity contribution in [2.45, 2.75) is 39.2 Å². The molecule has 0 aliphatic carbocycles. The molecule has 5 heteroatoms. The minimum atomic E-state index is 0.0301. The summed E-state index contributed by atoms with van der Waals surface area (Å²) >= 11 is 1.64. The summed E-state index contributed by atoms with van der Waals surface area (Å²) in [6.45, 7) is 3.14. The Bertz CT molecular complexity index is 860. The number of carbonyl (C=O) groups is 1. The number of carbonyl (C=O) groups excluding carboxylic acids is 1. The number of benzene rings is 2. The molecule has 146 valence electrons. The van der Waals surface area contributed by atoms with E-state index in [0.29, 0.717) is 26.0 Å². The van der Waals surface area contributed by atoms with E-state index >= 15 is 0 Å². The van der Waals surface area contributed by atoms with Crippen molar-refractivity contribution in [1.82, 2.24) is 10.3 Å². The number of nitrogens with one attached hydrogen (secondary N) is 1. The maximum atomic E-state index is 12.0. The molecule has 2 aromatic carbocycles. The van der Waals surface area contributed by atoms with Crippen molar-refractivity contribution in [2.24, 2.45) is 0 Å². The Balaban J connectivity index is 1.33. The van der Waals surface area contributed by atoms with Gasteiger partial charge >= 0.3 is 0 Å². The van der Waals surface area contributed by atoms with E-state index in [1.807, 2.05) is 35.7 Å². The third kappa shape index (κ3) is 6.50. The van der Waals surface area contributed by atoms with Crippen LogP contribution in [-0.4, -0.2) is 17.5 Å². The van der Waals surface area contributed by atoms with Crippen molar-refractivity contribution in [2.75, 3.05) is 6.61 Å². The molecule has 28 heavy (non-hydrogen) atoms. The van der Waals surface area contributed by atoms with Crippen LogP contribution in [0.4, 0.5) is 0 Å². The van der Waals surface area contributed by atoms with Crippen LogP contribution >= 0.6 is 11.3 Å². The first-order valence-electron chi connectivity index (χ1n) is 9.68. The zero-order valence-corrected chi connectivity index (χ0v) is 17.0. The van der Waals surface area contributed by atoms with E-state index in [1.54, 1.807) is 11.3 Å². The molecular weight excluding hydrogens is 368 g/mol. The average molecular weight is 395 g/mol. The monoisotopic (exact) mass is 394 g/mol. The van der Waals surface area contributed by atoms with Crippen molar-refractivity contribution >= 4 is 17.2 Å². The van der Waals surface area contributed by atoms with Crippen molar-refractivity contribution in [3.63, 3.8) is 0 Å². The summed E-state index contributed by atoms with van der Waals surface area (Å²) in [7, 11) is 0. The highest BCUT2D eigenvalue weighted by atomic mass is 32.1. The molecule has 0 atom stereocenters. The first-order chi connectivity index (χ1) is 13.7. The number of nitrogens with zero attached hydrogens (tertiary/aromatic N) is 1. The maximum absolute atomic E-state index is 12.0. The lowest BCUT2D eigenvalue weighted by Crippen LogP contribution is -2.23. The quantitative estimate of drug-likeness (QED) is 0.504. The van der Waals surface area contributed by atoms with E-state index in [4.69, 9.17) is 4.74 Å². The number of aromatic nitrogens is 1. The van der Waals surface area contributed by atoms with E-state index in [1.165, 1.54) is 11.1 Å². The Hall–Kier alpha value is -2.66. The van der Waals surface area contributed by atoms with Gasteiger partial charge in [0.2, 0.25) is 5.91 Å². The number of amides is 1. The maximum Gasteiger partial charge on any atom is 0.220 e. The van der Waals surface area contributed by atoms with E-state index in [2.05, 4.69) is 41.5 Å². The van der Waals surface area contributed by atoms with Crippen molar-refractivity contribution < 1.29 is 9.53 Å². The van der Waals surface area contributed by atoms with Crippen molar-refractivity contribution in [3.8, 4) is 5.75 Å². The van der Waals surface area contributed by atoms with Crippen LogP contribution in [0.25, 0.3) is 0 Å². The molecule has 1 aromatic heterocycles. The third-order valence-electron chi connectivity index (χ3n) is 4.41. The molecule has 1 heterocycles. The number of hydrogen-bond donors (Lipinski definition) is 1. The molecular formula is C23H26N2O2S. The fraction of sp³-hybridized carbons (Fsp3) is 0.304. The molecule has 0 unspecified atom stereocenters. The van der Waals surface area contributed by atoms with Gasteiger partial charge in [-0.2, -0.15) is 0 Å². The van der Waals surface area contributed by atoms with Gasteiger partial charge in [0.25, 0.3) is 0 Å². The van der Waals surface area contributed by atoms with Crippen molar-refractivity contribution in [1.29, 1.82) is 0 Å². The Morgan fingerprint density at radius 2 is 1.86 bits per heavy atom. The number of aryl methyl sites for hydroxylation is 1. The SMILES string of the molecule is CCc1ccc(OCCCC(=O)NCc2csc(Cc3ccccc3)n2)cc1. The summed E-state index contributed by atoms with van der Waals surface area (Å²) < 4.78 is 5.69. The predicted molar refractivity (Wildman–Crippen MR) is 114 cm³/mol. The largest absolute Gasteiger partial charge is 0.494 e. The van der Waals surface area contributed by atoms with Crippen LogP contribution in [0.5, 0.6) is 5.75 Å². The molecule has 1 N–H and O–H groups in total. The first kappa shape index (κ1) is 20.1. The summed E-state index contributed by atoms with van der Waals surface area (Å²) in [6.07, 6.45) is 2.99. The Morgan fingerprint density at radius 3 is 2.61 bits per heavy atom. The van der Waals surface area contributed by atoms with Crippen LogP contribution in [-0.2, 0) is 24.2 Å². The zero-order chi connectivity index (χ0) is 19.6. The third-order valence-corrected chi connectivity index (χ3v) is 5.31. The molecule has 0 saturated carbocycles. The van der Waals surface area contributed by atoms with Gasteiger partial charge in [0, 0.05) is 18.2 Å². The minimum absolute atomic E-state index is 0.0301. The molecule has 0 radical (unpaired) electrons. The second-order valence-electron chi connectivity index (χ2n) is 6.62. The molecule has 0 bridgehead atoms. The van der Waals surface area contributed by atoms with Crippen LogP contribution < -0.4 is 10.1 Å².